The summed E-state index contributed by atoms with van der Waals surface area (Å²) in [6, 6.07) is -0.429. The molecule has 0 aliphatic carbocycles. The normalized spacial score (nSPS) is 16.7. The van der Waals surface area contributed by atoms with Crippen molar-refractivity contribution in [2.75, 3.05) is 13.2 Å². The van der Waals surface area contributed by atoms with Gasteiger partial charge in [0.2, 0.25) is 5.91 Å². The summed E-state index contributed by atoms with van der Waals surface area (Å²) in [6.07, 6.45) is -0.384. The van der Waals surface area contributed by atoms with E-state index < -0.39 is 31.3 Å². The lowest BCUT2D eigenvalue weighted by Crippen LogP contribution is -2.33. The molecule has 1 aliphatic rings. The van der Waals surface area contributed by atoms with Crippen LogP contribution in [0.4, 0.5) is 13.2 Å². The van der Waals surface area contributed by atoms with Gasteiger partial charge in [-0.2, -0.15) is 13.2 Å². The molecule has 0 aromatic carbocycles. The molecule has 0 bridgehead atoms. The lowest BCUT2D eigenvalue weighted by atomic mass is 10.2. The summed E-state index contributed by atoms with van der Waals surface area (Å²) in [5.41, 5.74) is 0. The van der Waals surface area contributed by atoms with Gasteiger partial charge in [-0.25, -0.2) is 0 Å². The van der Waals surface area contributed by atoms with Crippen molar-refractivity contribution >= 4 is 5.91 Å². The zero-order valence-electron chi connectivity index (χ0n) is 12.3. The van der Waals surface area contributed by atoms with Crippen LogP contribution in [0, 0.1) is 0 Å². The van der Waals surface area contributed by atoms with Gasteiger partial charge in [-0.15, -0.1) is 10.2 Å². The minimum Gasteiger partial charge on any atom is -0.362 e. The molecule has 124 valence electrons. The number of hydrogen-bond acceptors (Lipinski definition) is 4. The molecule has 1 amide bonds. The number of carbonyl (C=O) groups is 1. The Kier molecular flexibility index (Phi) is 5.38. The van der Waals surface area contributed by atoms with Gasteiger partial charge in [0, 0.05) is 13.0 Å². The molecule has 0 saturated carbocycles. The monoisotopic (exact) mass is 320 g/mol. The van der Waals surface area contributed by atoms with Crippen molar-refractivity contribution in [3.8, 4) is 0 Å². The molecule has 2 heterocycles. The Morgan fingerprint density at radius 1 is 1.36 bits per heavy atom. The maximum absolute atomic E-state index is 11.9. The van der Waals surface area contributed by atoms with Gasteiger partial charge in [0.05, 0.1) is 6.04 Å². The van der Waals surface area contributed by atoms with Crippen molar-refractivity contribution in [3.63, 3.8) is 0 Å². The highest BCUT2D eigenvalue weighted by Crippen LogP contribution is 2.18. The van der Waals surface area contributed by atoms with Gasteiger partial charge in [-0.05, 0) is 19.8 Å². The van der Waals surface area contributed by atoms with Crippen LogP contribution >= 0.6 is 0 Å². The molecule has 0 radical (unpaired) electrons. The fourth-order valence-corrected chi connectivity index (χ4v) is 2.44. The Labute approximate surface area is 126 Å². The number of aryl methyl sites for hydroxylation is 1. The molecule has 1 aromatic rings. The number of carbonyl (C=O) groups excluding carboxylic acids is 1. The highest BCUT2D eigenvalue weighted by atomic mass is 19.4. The Balaban J connectivity index is 1.88. The molecule has 0 saturated heterocycles. The number of fused-ring (bicyclic) bond motifs is 1. The molecule has 0 unspecified atom stereocenters. The van der Waals surface area contributed by atoms with Crippen molar-refractivity contribution < 1.29 is 22.7 Å². The maximum atomic E-state index is 11.9. The second-order valence-corrected chi connectivity index (χ2v) is 5.33. The smallest absolute Gasteiger partial charge is 0.362 e. The number of amides is 1. The van der Waals surface area contributed by atoms with Crippen molar-refractivity contribution in [3.05, 3.63) is 11.6 Å². The summed E-state index contributed by atoms with van der Waals surface area (Å²) >= 11 is 0. The Morgan fingerprint density at radius 3 is 2.86 bits per heavy atom. The average molecular weight is 320 g/mol. The van der Waals surface area contributed by atoms with E-state index in [1.54, 1.807) is 6.92 Å². The first-order valence-corrected chi connectivity index (χ1v) is 7.22. The van der Waals surface area contributed by atoms with Crippen molar-refractivity contribution in [2.45, 2.75) is 51.4 Å². The van der Waals surface area contributed by atoms with Gasteiger partial charge < -0.3 is 14.6 Å². The first-order chi connectivity index (χ1) is 10.4. The summed E-state index contributed by atoms with van der Waals surface area (Å²) in [5, 5.41) is 10.8. The maximum Gasteiger partial charge on any atom is 0.411 e. The Hall–Kier alpha value is -1.64. The van der Waals surface area contributed by atoms with E-state index in [2.05, 4.69) is 20.3 Å². The molecular formula is C13H19F3N4O2. The van der Waals surface area contributed by atoms with Crippen LogP contribution in [-0.4, -0.2) is 40.1 Å². The fraction of sp³-hybridized carbons (Fsp3) is 0.769. The number of alkyl halides is 3. The van der Waals surface area contributed by atoms with Crippen molar-refractivity contribution in [2.24, 2.45) is 0 Å². The molecule has 1 aliphatic heterocycles. The van der Waals surface area contributed by atoms with Crippen LogP contribution in [0.2, 0.25) is 0 Å². The lowest BCUT2D eigenvalue weighted by Gasteiger charge is -2.15. The summed E-state index contributed by atoms with van der Waals surface area (Å²) in [5.74, 6) is 0.908. The third-order valence-corrected chi connectivity index (χ3v) is 3.40. The number of nitrogens with one attached hydrogen (secondary N) is 1. The van der Waals surface area contributed by atoms with Crippen molar-refractivity contribution in [1.29, 1.82) is 0 Å². The van der Waals surface area contributed by atoms with Crippen LogP contribution in [0.5, 0.6) is 0 Å². The number of aromatic nitrogens is 3. The van der Waals surface area contributed by atoms with E-state index in [4.69, 9.17) is 0 Å². The number of rotatable bonds is 5. The van der Waals surface area contributed by atoms with Crippen LogP contribution in [-0.2, 0) is 22.5 Å². The van der Waals surface area contributed by atoms with Crippen LogP contribution in [0.1, 0.15) is 43.9 Å². The number of ether oxygens (including phenoxy) is 1. The molecule has 6 nitrogen and oxygen atoms in total. The average Bonchev–Trinajstić information content (AvgIpc) is 2.66. The van der Waals surface area contributed by atoms with E-state index in [1.807, 2.05) is 4.57 Å². The molecule has 22 heavy (non-hydrogen) atoms. The Bertz CT molecular complexity index is 516. The zero-order valence-corrected chi connectivity index (χ0v) is 12.3. The minimum atomic E-state index is -4.43. The lowest BCUT2D eigenvalue weighted by molar-refractivity contribution is -0.175. The van der Waals surface area contributed by atoms with E-state index in [9.17, 15) is 18.0 Å². The molecule has 1 aromatic heterocycles. The van der Waals surface area contributed by atoms with Crippen molar-refractivity contribution in [1.82, 2.24) is 20.1 Å². The van der Waals surface area contributed by atoms with Gasteiger partial charge in [-0.1, -0.05) is 6.42 Å². The SMILES string of the molecule is C[C@@H](NC(=O)COCC(F)(F)F)c1nnc2n1CCCCC2. The number of nitrogens with zero attached hydrogens (tertiary/aromatic N) is 3. The highest BCUT2D eigenvalue weighted by molar-refractivity contribution is 5.77. The third kappa shape index (κ3) is 4.69. The van der Waals surface area contributed by atoms with Crippen LogP contribution in [0.25, 0.3) is 0 Å². The van der Waals surface area contributed by atoms with Crippen LogP contribution in [0.3, 0.4) is 0 Å². The predicted molar refractivity (Wildman–Crippen MR) is 71.0 cm³/mol. The topological polar surface area (TPSA) is 69.0 Å². The van der Waals surface area contributed by atoms with E-state index >= 15 is 0 Å². The van der Waals surface area contributed by atoms with Crippen LogP contribution < -0.4 is 5.32 Å². The first kappa shape index (κ1) is 16.7. The van der Waals surface area contributed by atoms with Gasteiger partial charge in [0.15, 0.2) is 5.82 Å². The molecule has 9 heteroatoms. The molecule has 1 atom stereocenters. The van der Waals surface area contributed by atoms with E-state index in [0.29, 0.717) is 5.82 Å². The fourth-order valence-electron chi connectivity index (χ4n) is 2.44. The molecule has 1 N–H and O–H groups in total. The molecule has 0 spiro atoms. The zero-order chi connectivity index (χ0) is 16.2. The number of hydrogen-bond donors (Lipinski definition) is 1. The highest BCUT2D eigenvalue weighted by Gasteiger charge is 2.28. The van der Waals surface area contributed by atoms with Gasteiger partial charge in [0.25, 0.3) is 0 Å². The van der Waals surface area contributed by atoms with E-state index in [-0.39, 0.29) is 0 Å². The largest absolute Gasteiger partial charge is 0.411 e. The first-order valence-electron chi connectivity index (χ1n) is 7.22. The summed E-state index contributed by atoms with van der Waals surface area (Å²) in [4.78, 5) is 11.6. The second kappa shape index (κ2) is 7.08. The van der Waals surface area contributed by atoms with E-state index in [0.717, 1.165) is 38.1 Å². The standard InChI is InChI=1S/C13H19F3N4O2/c1-9(17-11(21)7-22-8-13(14,15)16)12-19-18-10-5-3-2-4-6-20(10)12/h9H,2-8H2,1H3,(H,17,21)/t9-/m1/s1. The summed E-state index contributed by atoms with van der Waals surface area (Å²) in [6.45, 7) is 0.451. The quantitative estimate of drug-likeness (QED) is 0.897. The van der Waals surface area contributed by atoms with E-state index in [1.165, 1.54) is 0 Å². The number of halogens is 3. The predicted octanol–water partition coefficient (Wildman–Crippen LogP) is 1.76. The molecular weight excluding hydrogens is 301 g/mol. The van der Waals surface area contributed by atoms with Gasteiger partial charge in [0.1, 0.15) is 19.0 Å². The molecule has 0 fully saturated rings. The van der Waals surface area contributed by atoms with Gasteiger partial charge >= 0.3 is 6.18 Å². The summed E-state index contributed by atoms with van der Waals surface area (Å²) < 4.78 is 42.1. The summed E-state index contributed by atoms with van der Waals surface area (Å²) in [7, 11) is 0. The Morgan fingerprint density at radius 2 is 2.14 bits per heavy atom. The van der Waals surface area contributed by atoms with Crippen LogP contribution in [0.15, 0.2) is 0 Å². The molecule has 2 rings (SSSR count). The third-order valence-electron chi connectivity index (χ3n) is 3.40. The second-order valence-electron chi connectivity index (χ2n) is 5.33. The van der Waals surface area contributed by atoms with Gasteiger partial charge in [-0.3, -0.25) is 4.79 Å². The minimum absolute atomic E-state index is 0.429.